The SMILES string of the molecule is Cc1nn(C)c(C)c1[C@H](C)NC(=O)CCN1CCN(C)CC1. The van der Waals surface area contributed by atoms with Crippen molar-refractivity contribution in [2.75, 3.05) is 39.8 Å². The molecular weight excluding hydrogens is 278 g/mol. The van der Waals surface area contributed by atoms with E-state index in [1.54, 1.807) is 0 Å². The highest BCUT2D eigenvalue weighted by molar-refractivity contribution is 5.76. The van der Waals surface area contributed by atoms with E-state index >= 15 is 0 Å². The van der Waals surface area contributed by atoms with Gasteiger partial charge in [0.25, 0.3) is 0 Å². The third kappa shape index (κ3) is 4.08. The van der Waals surface area contributed by atoms with E-state index in [1.165, 1.54) is 0 Å². The summed E-state index contributed by atoms with van der Waals surface area (Å²) in [5, 5.41) is 7.53. The number of hydrogen-bond donors (Lipinski definition) is 1. The summed E-state index contributed by atoms with van der Waals surface area (Å²) in [5.74, 6) is 0.120. The number of aryl methyl sites for hydroxylation is 2. The van der Waals surface area contributed by atoms with Gasteiger partial charge in [0.1, 0.15) is 0 Å². The topological polar surface area (TPSA) is 53.4 Å². The predicted molar refractivity (Wildman–Crippen MR) is 87.8 cm³/mol. The second kappa shape index (κ2) is 7.24. The molecule has 1 fully saturated rings. The van der Waals surface area contributed by atoms with Crippen LogP contribution in [0.4, 0.5) is 0 Å². The standard InChI is InChI=1S/C16H29N5O/c1-12(16-13(2)18-20(5)14(16)3)17-15(22)6-7-21-10-8-19(4)9-11-21/h12H,6-11H2,1-5H3,(H,17,22)/t12-/m0/s1. The molecule has 0 aliphatic carbocycles. The Balaban J connectivity index is 1.81. The molecule has 0 radical (unpaired) electrons. The first-order valence-corrected chi connectivity index (χ1v) is 8.09. The van der Waals surface area contributed by atoms with Gasteiger partial charge in [0.15, 0.2) is 0 Å². The normalized spacial score (nSPS) is 18.4. The van der Waals surface area contributed by atoms with Gasteiger partial charge >= 0.3 is 0 Å². The van der Waals surface area contributed by atoms with E-state index in [9.17, 15) is 4.79 Å². The lowest BCUT2D eigenvalue weighted by Gasteiger charge is -2.32. The molecule has 1 aromatic rings. The van der Waals surface area contributed by atoms with Crippen LogP contribution < -0.4 is 5.32 Å². The van der Waals surface area contributed by atoms with Crippen LogP contribution >= 0.6 is 0 Å². The van der Waals surface area contributed by atoms with Crippen molar-refractivity contribution in [2.45, 2.75) is 33.2 Å². The van der Waals surface area contributed by atoms with E-state index < -0.39 is 0 Å². The monoisotopic (exact) mass is 307 g/mol. The smallest absolute Gasteiger partial charge is 0.221 e. The molecule has 1 saturated heterocycles. The molecule has 1 amide bonds. The highest BCUT2D eigenvalue weighted by Gasteiger charge is 2.19. The Morgan fingerprint density at radius 2 is 1.86 bits per heavy atom. The van der Waals surface area contributed by atoms with Crippen LogP contribution in [-0.4, -0.2) is 65.3 Å². The number of hydrogen-bond acceptors (Lipinski definition) is 4. The van der Waals surface area contributed by atoms with E-state index in [0.717, 1.165) is 49.7 Å². The summed E-state index contributed by atoms with van der Waals surface area (Å²) in [6, 6.07) is 0.00805. The molecule has 1 aromatic heterocycles. The third-order valence-corrected chi connectivity index (χ3v) is 4.63. The van der Waals surface area contributed by atoms with Crippen molar-refractivity contribution in [1.82, 2.24) is 24.9 Å². The number of nitrogens with one attached hydrogen (secondary N) is 1. The molecule has 1 N–H and O–H groups in total. The largest absolute Gasteiger partial charge is 0.349 e. The van der Waals surface area contributed by atoms with Crippen molar-refractivity contribution >= 4 is 5.91 Å². The number of aromatic nitrogens is 2. The first-order chi connectivity index (χ1) is 10.4. The Morgan fingerprint density at radius 1 is 1.23 bits per heavy atom. The molecule has 0 saturated carbocycles. The fourth-order valence-corrected chi connectivity index (χ4v) is 3.13. The highest BCUT2D eigenvalue weighted by atomic mass is 16.1. The zero-order valence-corrected chi connectivity index (χ0v) is 14.5. The molecule has 1 aliphatic rings. The van der Waals surface area contributed by atoms with Crippen LogP contribution in [0.25, 0.3) is 0 Å². The number of carbonyl (C=O) groups excluding carboxylic acids is 1. The van der Waals surface area contributed by atoms with Crippen LogP contribution in [0.1, 0.15) is 36.3 Å². The molecule has 0 aromatic carbocycles. The lowest BCUT2D eigenvalue weighted by molar-refractivity contribution is -0.122. The van der Waals surface area contributed by atoms with Gasteiger partial charge in [-0.05, 0) is 27.8 Å². The maximum absolute atomic E-state index is 12.2. The van der Waals surface area contributed by atoms with Gasteiger partial charge in [-0.25, -0.2) is 0 Å². The number of likely N-dealkylation sites (N-methyl/N-ethyl adjacent to an activating group) is 1. The van der Waals surface area contributed by atoms with E-state index in [1.807, 2.05) is 32.5 Å². The van der Waals surface area contributed by atoms with E-state index in [4.69, 9.17) is 0 Å². The molecule has 6 nitrogen and oxygen atoms in total. The molecule has 0 unspecified atom stereocenters. The molecule has 124 valence electrons. The van der Waals surface area contributed by atoms with Gasteiger partial charge in [-0.3, -0.25) is 9.48 Å². The molecule has 0 bridgehead atoms. The zero-order valence-electron chi connectivity index (χ0n) is 14.5. The molecule has 22 heavy (non-hydrogen) atoms. The maximum Gasteiger partial charge on any atom is 0.221 e. The van der Waals surface area contributed by atoms with Crippen molar-refractivity contribution < 1.29 is 4.79 Å². The molecule has 2 rings (SSSR count). The van der Waals surface area contributed by atoms with Crippen LogP contribution in [0.2, 0.25) is 0 Å². The average Bonchev–Trinajstić information content (AvgIpc) is 2.71. The van der Waals surface area contributed by atoms with Crippen LogP contribution in [0.3, 0.4) is 0 Å². The Morgan fingerprint density at radius 3 is 2.41 bits per heavy atom. The Hall–Kier alpha value is -1.40. The lowest BCUT2D eigenvalue weighted by Crippen LogP contribution is -2.45. The Kier molecular flexibility index (Phi) is 5.58. The second-order valence-electron chi connectivity index (χ2n) is 6.39. The third-order valence-electron chi connectivity index (χ3n) is 4.63. The van der Waals surface area contributed by atoms with Gasteiger partial charge in [0.2, 0.25) is 5.91 Å². The van der Waals surface area contributed by atoms with Gasteiger partial charge in [0.05, 0.1) is 11.7 Å². The average molecular weight is 307 g/mol. The quantitative estimate of drug-likeness (QED) is 0.876. The van der Waals surface area contributed by atoms with Gasteiger partial charge in [0, 0.05) is 57.4 Å². The zero-order chi connectivity index (χ0) is 16.3. The number of piperazine rings is 1. The van der Waals surface area contributed by atoms with Crippen LogP contribution in [0, 0.1) is 13.8 Å². The van der Waals surface area contributed by atoms with Crippen LogP contribution in [-0.2, 0) is 11.8 Å². The molecule has 0 spiro atoms. The van der Waals surface area contributed by atoms with E-state index in [-0.39, 0.29) is 11.9 Å². The minimum atomic E-state index is 0.00805. The van der Waals surface area contributed by atoms with E-state index in [2.05, 4.69) is 27.3 Å². The summed E-state index contributed by atoms with van der Waals surface area (Å²) in [5.41, 5.74) is 3.24. The summed E-state index contributed by atoms with van der Waals surface area (Å²) in [7, 11) is 4.08. The highest BCUT2D eigenvalue weighted by Crippen LogP contribution is 2.20. The molecule has 2 heterocycles. The minimum absolute atomic E-state index is 0.00805. The summed E-state index contributed by atoms with van der Waals surface area (Å²) in [4.78, 5) is 16.9. The molecular formula is C16H29N5O. The summed E-state index contributed by atoms with van der Waals surface area (Å²) < 4.78 is 1.87. The Labute approximate surface area is 133 Å². The van der Waals surface area contributed by atoms with Gasteiger partial charge in [-0.2, -0.15) is 5.10 Å². The first kappa shape index (κ1) is 17.0. The molecule has 1 atom stereocenters. The minimum Gasteiger partial charge on any atom is -0.349 e. The fourth-order valence-electron chi connectivity index (χ4n) is 3.13. The lowest BCUT2D eigenvalue weighted by atomic mass is 10.1. The van der Waals surface area contributed by atoms with Crippen molar-refractivity contribution in [3.63, 3.8) is 0 Å². The second-order valence-corrected chi connectivity index (χ2v) is 6.39. The van der Waals surface area contributed by atoms with Crippen molar-refractivity contribution in [3.8, 4) is 0 Å². The Bertz CT molecular complexity index is 517. The fraction of sp³-hybridized carbons (Fsp3) is 0.750. The number of nitrogens with zero attached hydrogens (tertiary/aromatic N) is 4. The first-order valence-electron chi connectivity index (χ1n) is 8.09. The van der Waals surface area contributed by atoms with Gasteiger partial charge in [-0.15, -0.1) is 0 Å². The van der Waals surface area contributed by atoms with Crippen LogP contribution in [0.5, 0.6) is 0 Å². The van der Waals surface area contributed by atoms with Crippen molar-refractivity contribution in [3.05, 3.63) is 17.0 Å². The number of rotatable bonds is 5. The number of carbonyl (C=O) groups is 1. The summed E-state index contributed by atoms with van der Waals surface area (Å²) in [6.45, 7) is 11.2. The van der Waals surface area contributed by atoms with Gasteiger partial charge < -0.3 is 15.1 Å². The van der Waals surface area contributed by atoms with E-state index in [0.29, 0.717) is 6.42 Å². The predicted octanol–water partition coefficient (Wildman–Crippen LogP) is 0.852. The summed E-state index contributed by atoms with van der Waals surface area (Å²) >= 11 is 0. The molecule has 6 heteroatoms. The van der Waals surface area contributed by atoms with Crippen molar-refractivity contribution in [2.24, 2.45) is 7.05 Å². The maximum atomic E-state index is 12.2. The summed E-state index contributed by atoms with van der Waals surface area (Å²) in [6.07, 6.45) is 0.562. The van der Waals surface area contributed by atoms with Gasteiger partial charge in [-0.1, -0.05) is 0 Å². The number of amides is 1. The van der Waals surface area contributed by atoms with Crippen LogP contribution in [0.15, 0.2) is 0 Å². The van der Waals surface area contributed by atoms with Crippen molar-refractivity contribution in [1.29, 1.82) is 0 Å². The molecule has 1 aliphatic heterocycles.